The van der Waals surface area contributed by atoms with Gasteiger partial charge in [0.25, 0.3) is 0 Å². The molecule has 0 fully saturated rings. The minimum Gasteiger partial charge on any atom is -0.497 e. The smallest absolute Gasteiger partial charge is 0.224 e. The fraction of sp³-hybridized carbons (Fsp3) is 0.400. The van der Waals surface area contributed by atoms with Crippen LogP contribution in [0.15, 0.2) is 36.5 Å². The molecule has 2 aromatic rings. The Kier molecular flexibility index (Phi) is 7.26. The molecule has 0 aliphatic carbocycles. The van der Waals surface area contributed by atoms with E-state index in [1.807, 2.05) is 24.3 Å². The van der Waals surface area contributed by atoms with Crippen molar-refractivity contribution in [3.05, 3.63) is 47.7 Å². The molecule has 0 unspecified atom stereocenters. The molecule has 0 bridgehead atoms. The summed E-state index contributed by atoms with van der Waals surface area (Å²) in [6.07, 6.45) is 2.03. The Hall–Kier alpha value is -2.76. The first-order valence-electron chi connectivity index (χ1n) is 8.78. The number of rotatable bonds is 9. The van der Waals surface area contributed by atoms with Crippen LogP contribution in [0.25, 0.3) is 0 Å². The van der Waals surface area contributed by atoms with Gasteiger partial charge in [-0.3, -0.25) is 4.79 Å². The van der Waals surface area contributed by atoms with Crippen LogP contribution >= 0.6 is 0 Å². The van der Waals surface area contributed by atoms with E-state index in [9.17, 15) is 4.79 Å². The van der Waals surface area contributed by atoms with E-state index >= 15 is 0 Å². The van der Waals surface area contributed by atoms with E-state index in [1.165, 1.54) is 0 Å². The zero-order valence-corrected chi connectivity index (χ0v) is 15.9. The van der Waals surface area contributed by atoms with Crippen molar-refractivity contribution < 1.29 is 14.3 Å². The SMILES string of the molecule is CCN(CC)c1ccc(CNC(=O)Cc2cc(OC)ccc2OC)cn1. The minimum atomic E-state index is -0.0793. The van der Waals surface area contributed by atoms with E-state index in [2.05, 4.69) is 29.0 Å². The molecule has 0 atom stereocenters. The highest BCUT2D eigenvalue weighted by Crippen LogP contribution is 2.24. The third-order valence-corrected chi connectivity index (χ3v) is 4.22. The van der Waals surface area contributed by atoms with Crippen molar-refractivity contribution >= 4 is 11.7 Å². The Morgan fingerprint density at radius 2 is 1.88 bits per heavy atom. The molecule has 26 heavy (non-hydrogen) atoms. The lowest BCUT2D eigenvalue weighted by atomic mass is 10.1. The van der Waals surface area contributed by atoms with E-state index in [-0.39, 0.29) is 12.3 Å². The summed E-state index contributed by atoms with van der Waals surface area (Å²) in [4.78, 5) is 18.9. The summed E-state index contributed by atoms with van der Waals surface area (Å²) in [6, 6.07) is 9.41. The van der Waals surface area contributed by atoms with Gasteiger partial charge in [0, 0.05) is 31.4 Å². The highest BCUT2D eigenvalue weighted by Gasteiger charge is 2.10. The van der Waals surface area contributed by atoms with Gasteiger partial charge in [0.1, 0.15) is 17.3 Å². The van der Waals surface area contributed by atoms with Crippen molar-refractivity contribution in [2.45, 2.75) is 26.8 Å². The van der Waals surface area contributed by atoms with E-state index in [1.54, 1.807) is 26.5 Å². The molecule has 0 aliphatic heterocycles. The number of carbonyl (C=O) groups excluding carboxylic acids is 1. The summed E-state index contributed by atoms with van der Waals surface area (Å²) in [7, 11) is 3.19. The Morgan fingerprint density at radius 1 is 1.12 bits per heavy atom. The lowest BCUT2D eigenvalue weighted by molar-refractivity contribution is -0.120. The predicted molar refractivity (Wildman–Crippen MR) is 103 cm³/mol. The summed E-state index contributed by atoms with van der Waals surface area (Å²) in [5.74, 6) is 2.24. The van der Waals surface area contributed by atoms with Crippen LogP contribution in [-0.4, -0.2) is 38.2 Å². The molecule has 6 nitrogen and oxygen atoms in total. The van der Waals surface area contributed by atoms with Crippen LogP contribution < -0.4 is 19.7 Å². The summed E-state index contributed by atoms with van der Waals surface area (Å²) >= 11 is 0. The van der Waals surface area contributed by atoms with Crippen LogP contribution in [0.4, 0.5) is 5.82 Å². The zero-order chi connectivity index (χ0) is 18.9. The first kappa shape index (κ1) is 19.6. The van der Waals surface area contributed by atoms with Crippen molar-refractivity contribution in [2.75, 3.05) is 32.2 Å². The largest absolute Gasteiger partial charge is 0.497 e. The second-order valence-corrected chi connectivity index (χ2v) is 5.83. The number of hydrogen-bond acceptors (Lipinski definition) is 5. The summed E-state index contributed by atoms with van der Waals surface area (Å²) in [5, 5.41) is 2.92. The maximum Gasteiger partial charge on any atom is 0.224 e. The van der Waals surface area contributed by atoms with Gasteiger partial charge in [-0.2, -0.15) is 0 Å². The van der Waals surface area contributed by atoms with Gasteiger partial charge in [-0.05, 0) is 43.7 Å². The number of benzene rings is 1. The van der Waals surface area contributed by atoms with Gasteiger partial charge < -0.3 is 19.7 Å². The van der Waals surface area contributed by atoms with Crippen molar-refractivity contribution in [1.29, 1.82) is 0 Å². The summed E-state index contributed by atoms with van der Waals surface area (Å²) in [5.41, 5.74) is 1.76. The first-order chi connectivity index (χ1) is 12.6. The highest BCUT2D eigenvalue weighted by molar-refractivity contribution is 5.79. The van der Waals surface area contributed by atoms with Gasteiger partial charge >= 0.3 is 0 Å². The Balaban J connectivity index is 1.95. The van der Waals surface area contributed by atoms with Crippen molar-refractivity contribution in [3.8, 4) is 11.5 Å². The van der Waals surface area contributed by atoms with Crippen LogP contribution in [-0.2, 0) is 17.8 Å². The Morgan fingerprint density at radius 3 is 2.46 bits per heavy atom. The number of methoxy groups -OCH3 is 2. The summed E-state index contributed by atoms with van der Waals surface area (Å²) < 4.78 is 10.5. The molecule has 0 radical (unpaired) electrons. The molecule has 2 rings (SSSR count). The van der Waals surface area contributed by atoms with Crippen LogP contribution in [0.5, 0.6) is 11.5 Å². The third kappa shape index (κ3) is 5.12. The van der Waals surface area contributed by atoms with Gasteiger partial charge in [-0.15, -0.1) is 0 Å². The number of anilines is 1. The molecular formula is C20H27N3O3. The van der Waals surface area contributed by atoms with E-state index in [0.717, 1.165) is 30.0 Å². The fourth-order valence-corrected chi connectivity index (χ4v) is 2.71. The average Bonchev–Trinajstić information content (AvgIpc) is 2.68. The molecule has 0 saturated heterocycles. The maximum atomic E-state index is 12.3. The molecule has 0 spiro atoms. The number of nitrogens with zero attached hydrogens (tertiary/aromatic N) is 2. The number of nitrogens with one attached hydrogen (secondary N) is 1. The standard InChI is InChI=1S/C20H27N3O3/c1-5-23(6-2)19-10-7-15(13-21-19)14-22-20(24)12-16-11-17(25-3)8-9-18(16)26-4/h7-11,13H,5-6,12,14H2,1-4H3,(H,22,24). The quantitative estimate of drug-likeness (QED) is 0.748. The molecule has 1 heterocycles. The molecule has 6 heteroatoms. The van der Waals surface area contributed by atoms with Crippen molar-refractivity contribution in [1.82, 2.24) is 10.3 Å². The van der Waals surface area contributed by atoms with Crippen molar-refractivity contribution in [2.24, 2.45) is 0 Å². The van der Waals surface area contributed by atoms with Gasteiger partial charge in [-0.1, -0.05) is 6.07 Å². The molecule has 1 N–H and O–H groups in total. The second kappa shape index (κ2) is 9.65. The zero-order valence-electron chi connectivity index (χ0n) is 15.9. The van der Waals surface area contributed by atoms with Crippen LogP contribution in [0.1, 0.15) is 25.0 Å². The van der Waals surface area contributed by atoms with Gasteiger partial charge in [0.15, 0.2) is 0 Å². The Bertz CT molecular complexity index is 713. The molecular weight excluding hydrogens is 330 g/mol. The first-order valence-corrected chi connectivity index (χ1v) is 8.78. The monoisotopic (exact) mass is 357 g/mol. The van der Waals surface area contributed by atoms with E-state index in [0.29, 0.717) is 18.0 Å². The third-order valence-electron chi connectivity index (χ3n) is 4.22. The van der Waals surface area contributed by atoms with Gasteiger partial charge in [-0.25, -0.2) is 4.98 Å². The van der Waals surface area contributed by atoms with Crippen molar-refractivity contribution in [3.63, 3.8) is 0 Å². The number of pyridine rings is 1. The number of ether oxygens (including phenoxy) is 2. The molecule has 1 amide bonds. The number of aromatic nitrogens is 1. The van der Waals surface area contributed by atoms with Gasteiger partial charge in [0.05, 0.1) is 20.6 Å². The molecule has 140 valence electrons. The Labute approximate surface area is 155 Å². The van der Waals surface area contributed by atoms with E-state index in [4.69, 9.17) is 9.47 Å². The summed E-state index contributed by atoms with van der Waals surface area (Å²) in [6.45, 7) is 6.49. The molecule has 0 saturated carbocycles. The van der Waals surface area contributed by atoms with Crippen LogP contribution in [0.2, 0.25) is 0 Å². The van der Waals surface area contributed by atoms with Crippen LogP contribution in [0, 0.1) is 0 Å². The number of hydrogen-bond donors (Lipinski definition) is 1. The topological polar surface area (TPSA) is 63.7 Å². The number of amides is 1. The highest BCUT2D eigenvalue weighted by atomic mass is 16.5. The second-order valence-electron chi connectivity index (χ2n) is 5.83. The lowest BCUT2D eigenvalue weighted by Crippen LogP contribution is -2.25. The van der Waals surface area contributed by atoms with E-state index < -0.39 is 0 Å². The normalized spacial score (nSPS) is 10.3. The maximum absolute atomic E-state index is 12.3. The van der Waals surface area contributed by atoms with Crippen LogP contribution in [0.3, 0.4) is 0 Å². The fourth-order valence-electron chi connectivity index (χ4n) is 2.71. The molecule has 1 aromatic carbocycles. The van der Waals surface area contributed by atoms with Gasteiger partial charge in [0.2, 0.25) is 5.91 Å². The minimum absolute atomic E-state index is 0.0793. The lowest BCUT2D eigenvalue weighted by Gasteiger charge is -2.19. The average molecular weight is 357 g/mol. The molecule has 0 aliphatic rings. The predicted octanol–water partition coefficient (Wildman–Crippen LogP) is 2.80. The molecule has 1 aromatic heterocycles. The number of carbonyl (C=O) groups is 1.